The second kappa shape index (κ2) is 9.70. The van der Waals surface area contributed by atoms with E-state index in [0.29, 0.717) is 0 Å². The van der Waals surface area contributed by atoms with Gasteiger partial charge in [0, 0.05) is 32.9 Å². The van der Waals surface area contributed by atoms with Crippen LogP contribution in [0.5, 0.6) is 0 Å². The van der Waals surface area contributed by atoms with Gasteiger partial charge >= 0.3 is 0 Å². The van der Waals surface area contributed by atoms with Crippen molar-refractivity contribution in [3.8, 4) is 22.3 Å². The summed E-state index contributed by atoms with van der Waals surface area (Å²) in [6.45, 7) is 4.70. The van der Waals surface area contributed by atoms with Crippen LogP contribution in [0.25, 0.3) is 55.0 Å². The number of fused-ring (bicyclic) bond motifs is 8. The largest absolute Gasteiger partial charge is 0.456 e. The monoisotopic (exact) mass is 577 g/mol. The van der Waals surface area contributed by atoms with E-state index < -0.39 is 0 Å². The molecule has 9 rings (SSSR count). The van der Waals surface area contributed by atoms with Gasteiger partial charge in [-0.1, -0.05) is 123 Å². The molecule has 0 unspecified atom stereocenters. The molecule has 0 fully saturated rings. The number of hydrogen-bond donors (Lipinski definition) is 0. The molecule has 2 heteroatoms. The molecule has 0 amide bonds. The van der Waals surface area contributed by atoms with Gasteiger partial charge < -0.3 is 9.32 Å². The third kappa shape index (κ3) is 3.89. The Hall–Kier alpha value is -5.60. The summed E-state index contributed by atoms with van der Waals surface area (Å²) in [7, 11) is 0. The predicted octanol–water partition coefficient (Wildman–Crippen LogP) is 12.2. The number of rotatable bonds is 4. The van der Waals surface area contributed by atoms with E-state index in [1.165, 1.54) is 44.2 Å². The molecule has 0 radical (unpaired) electrons. The van der Waals surface area contributed by atoms with Crippen LogP contribution in [-0.4, -0.2) is 0 Å². The SMILES string of the molecule is CC1(C)c2ccccc2-c2c1ccc1cccc(N(c3ccc(-c4ccccc4)cc3)c3ccc4oc5ccccc5c4c3)c21. The molecule has 1 aliphatic rings. The molecule has 8 aromatic rings. The maximum absolute atomic E-state index is 6.24. The van der Waals surface area contributed by atoms with E-state index in [2.05, 4.69) is 158 Å². The molecule has 45 heavy (non-hydrogen) atoms. The summed E-state index contributed by atoms with van der Waals surface area (Å²) in [5.41, 5.74) is 12.9. The van der Waals surface area contributed by atoms with Gasteiger partial charge in [-0.2, -0.15) is 0 Å². The molecule has 1 aliphatic carbocycles. The summed E-state index contributed by atoms with van der Waals surface area (Å²) in [5.74, 6) is 0. The van der Waals surface area contributed by atoms with E-state index in [9.17, 15) is 0 Å². The van der Waals surface area contributed by atoms with Gasteiger partial charge in [0.15, 0.2) is 0 Å². The molecule has 0 atom stereocenters. The van der Waals surface area contributed by atoms with Gasteiger partial charge in [-0.25, -0.2) is 0 Å². The number of hydrogen-bond acceptors (Lipinski definition) is 2. The van der Waals surface area contributed by atoms with E-state index >= 15 is 0 Å². The lowest BCUT2D eigenvalue weighted by Crippen LogP contribution is -2.15. The van der Waals surface area contributed by atoms with Gasteiger partial charge in [-0.05, 0) is 81.2 Å². The van der Waals surface area contributed by atoms with Crippen molar-refractivity contribution in [1.29, 1.82) is 0 Å². The first-order valence-corrected chi connectivity index (χ1v) is 15.6. The average Bonchev–Trinajstić information content (AvgIpc) is 3.57. The summed E-state index contributed by atoms with van der Waals surface area (Å²) in [6.07, 6.45) is 0. The Morgan fingerprint density at radius 1 is 0.511 bits per heavy atom. The van der Waals surface area contributed by atoms with E-state index in [1.807, 2.05) is 12.1 Å². The zero-order valence-electron chi connectivity index (χ0n) is 25.3. The Morgan fingerprint density at radius 3 is 2.09 bits per heavy atom. The lowest BCUT2D eigenvalue weighted by atomic mass is 9.82. The van der Waals surface area contributed by atoms with Gasteiger partial charge in [0.2, 0.25) is 0 Å². The van der Waals surface area contributed by atoms with Gasteiger partial charge in [0.1, 0.15) is 11.2 Å². The third-order valence-corrected chi connectivity index (χ3v) is 9.66. The zero-order chi connectivity index (χ0) is 30.1. The lowest BCUT2D eigenvalue weighted by Gasteiger charge is -2.28. The van der Waals surface area contributed by atoms with E-state index in [0.717, 1.165) is 39.0 Å². The Bertz CT molecular complexity index is 2400. The van der Waals surface area contributed by atoms with Crippen molar-refractivity contribution in [2.75, 3.05) is 4.90 Å². The third-order valence-electron chi connectivity index (χ3n) is 9.66. The summed E-state index contributed by atoms with van der Waals surface area (Å²) in [6, 6.07) is 54.7. The fourth-order valence-corrected chi connectivity index (χ4v) is 7.45. The Balaban J connectivity index is 1.33. The molecule has 1 heterocycles. The fraction of sp³-hybridized carbons (Fsp3) is 0.0698. The van der Waals surface area contributed by atoms with Crippen LogP contribution in [0.15, 0.2) is 156 Å². The highest BCUT2D eigenvalue weighted by Crippen LogP contribution is 2.54. The number of anilines is 3. The Kier molecular flexibility index (Phi) is 5.58. The van der Waals surface area contributed by atoms with Crippen molar-refractivity contribution in [2.45, 2.75) is 19.3 Å². The molecule has 0 saturated carbocycles. The van der Waals surface area contributed by atoms with Crippen molar-refractivity contribution in [1.82, 2.24) is 0 Å². The molecule has 2 nitrogen and oxygen atoms in total. The normalized spacial score (nSPS) is 13.3. The van der Waals surface area contributed by atoms with Gasteiger partial charge in [0.25, 0.3) is 0 Å². The minimum atomic E-state index is -0.0794. The standard InChI is InChI=1S/C43H31NO/c1-43(2)36-16-8-6-15-34(36)42-37(43)25-21-30-13-10-17-38(41(30)42)44(31-22-19-29(20-23-31)28-11-4-3-5-12-28)32-24-26-40-35(27-32)33-14-7-9-18-39(33)45-40/h3-27H,1-2H3. The van der Waals surface area contributed by atoms with Crippen LogP contribution < -0.4 is 4.90 Å². The highest BCUT2D eigenvalue weighted by Gasteiger charge is 2.37. The molecule has 7 aromatic carbocycles. The average molecular weight is 578 g/mol. The highest BCUT2D eigenvalue weighted by atomic mass is 16.3. The van der Waals surface area contributed by atoms with Crippen LogP contribution in [0.2, 0.25) is 0 Å². The molecule has 1 aromatic heterocycles. The van der Waals surface area contributed by atoms with Crippen molar-refractivity contribution in [3.05, 3.63) is 163 Å². The van der Waals surface area contributed by atoms with Crippen LogP contribution >= 0.6 is 0 Å². The van der Waals surface area contributed by atoms with Gasteiger partial charge in [-0.15, -0.1) is 0 Å². The molecule has 0 spiro atoms. The van der Waals surface area contributed by atoms with Crippen molar-refractivity contribution < 1.29 is 4.42 Å². The maximum atomic E-state index is 6.24. The van der Waals surface area contributed by atoms with Crippen LogP contribution in [0.3, 0.4) is 0 Å². The van der Waals surface area contributed by atoms with E-state index in [1.54, 1.807) is 0 Å². The molecule has 0 N–H and O–H groups in total. The molecular formula is C43H31NO. The highest BCUT2D eigenvalue weighted by molar-refractivity contribution is 6.12. The topological polar surface area (TPSA) is 16.4 Å². The summed E-state index contributed by atoms with van der Waals surface area (Å²) < 4.78 is 6.24. The number of furan rings is 1. The fourth-order valence-electron chi connectivity index (χ4n) is 7.45. The van der Waals surface area contributed by atoms with Crippen molar-refractivity contribution in [2.24, 2.45) is 0 Å². The van der Waals surface area contributed by atoms with Crippen molar-refractivity contribution in [3.63, 3.8) is 0 Å². The van der Waals surface area contributed by atoms with Crippen LogP contribution in [0.4, 0.5) is 17.1 Å². The minimum absolute atomic E-state index is 0.0794. The molecule has 214 valence electrons. The Morgan fingerprint density at radius 2 is 1.22 bits per heavy atom. The first-order valence-electron chi connectivity index (χ1n) is 15.6. The second-order valence-corrected chi connectivity index (χ2v) is 12.6. The van der Waals surface area contributed by atoms with Crippen LogP contribution in [0.1, 0.15) is 25.0 Å². The van der Waals surface area contributed by atoms with Gasteiger partial charge in [-0.3, -0.25) is 0 Å². The quantitative estimate of drug-likeness (QED) is 0.207. The zero-order valence-corrected chi connectivity index (χ0v) is 25.3. The lowest BCUT2D eigenvalue weighted by molar-refractivity contribution is 0.661. The summed E-state index contributed by atoms with van der Waals surface area (Å²) in [4.78, 5) is 2.42. The number of nitrogens with zero attached hydrogens (tertiary/aromatic N) is 1. The predicted molar refractivity (Wildman–Crippen MR) is 189 cm³/mol. The maximum Gasteiger partial charge on any atom is 0.135 e. The molecular weight excluding hydrogens is 546 g/mol. The first kappa shape index (κ1) is 25.9. The number of benzene rings is 7. The summed E-state index contributed by atoms with van der Waals surface area (Å²) >= 11 is 0. The van der Waals surface area contributed by atoms with Crippen molar-refractivity contribution >= 4 is 49.8 Å². The Labute approximate surface area is 262 Å². The molecule has 0 saturated heterocycles. The van der Waals surface area contributed by atoms with E-state index in [4.69, 9.17) is 4.42 Å². The van der Waals surface area contributed by atoms with Crippen LogP contribution in [-0.2, 0) is 5.41 Å². The second-order valence-electron chi connectivity index (χ2n) is 12.6. The smallest absolute Gasteiger partial charge is 0.135 e. The minimum Gasteiger partial charge on any atom is -0.456 e. The first-order chi connectivity index (χ1) is 22.1. The summed E-state index contributed by atoms with van der Waals surface area (Å²) in [5, 5.41) is 4.76. The molecule has 0 aliphatic heterocycles. The molecule has 0 bridgehead atoms. The number of para-hydroxylation sites is 1. The van der Waals surface area contributed by atoms with Gasteiger partial charge in [0.05, 0.1) is 5.69 Å². The van der Waals surface area contributed by atoms with Crippen LogP contribution in [0, 0.1) is 0 Å². The van der Waals surface area contributed by atoms with E-state index in [-0.39, 0.29) is 5.41 Å².